The number of benzene rings is 2. The zero-order chi connectivity index (χ0) is 29.2. The van der Waals surface area contributed by atoms with Crippen molar-refractivity contribution in [1.29, 1.82) is 0 Å². The predicted octanol–water partition coefficient (Wildman–Crippen LogP) is 5.25. The molecule has 2 aliphatic heterocycles. The summed E-state index contributed by atoms with van der Waals surface area (Å²) in [5.41, 5.74) is -1.15. The molecule has 0 saturated carbocycles. The molecule has 0 unspecified atom stereocenters. The highest BCUT2D eigenvalue weighted by atomic mass is 19.4. The van der Waals surface area contributed by atoms with E-state index in [4.69, 9.17) is 4.74 Å². The zero-order valence-corrected chi connectivity index (χ0v) is 21.8. The van der Waals surface area contributed by atoms with Gasteiger partial charge in [0.05, 0.1) is 19.0 Å². The maximum absolute atomic E-state index is 14.2. The van der Waals surface area contributed by atoms with Gasteiger partial charge in [0.2, 0.25) is 0 Å². The lowest BCUT2D eigenvalue weighted by atomic mass is 10.0. The number of rotatable bonds is 5. The molecule has 214 valence electrons. The van der Waals surface area contributed by atoms with Crippen LogP contribution in [0.1, 0.15) is 33.6 Å². The molecule has 0 spiro atoms. The van der Waals surface area contributed by atoms with Gasteiger partial charge >= 0.3 is 6.18 Å². The van der Waals surface area contributed by atoms with Crippen molar-refractivity contribution in [3.63, 3.8) is 0 Å². The number of aromatic nitrogens is 3. The first kappa shape index (κ1) is 27.1. The average Bonchev–Trinajstić information content (AvgIpc) is 3.64. The smallest absolute Gasteiger partial charge is 0.433 e. The number of amides is 1. The van der Waals surface area contributed by atoms with E-state index in [0.717, 1.165) is 12.3 Å². The van der Waals surface area contributed by atoms with Gasteiger partial charge in [-0.1, -0.05) is 0 Å². The van der Waals surface area contributed by atoms with Crippen LogP contribution in [0.2, 0.25) is 0 Å². The number of fused-ring (bicyclic) bond motifs is 3. The van der Waals surface area contributed by atoms with Crippen molar-refractivity contribution >= 4 is 11.6 Å². The highest BCUT2D eigenvalue weighted by Gasteiger charge is 2.46. The third-order valence-corrected chi connectivity index (χ3v) is 7.80. The zero-order valence-electron chi connectivity index (χ0n) is 21.8. The molecular formula is C28H23F6N5O2. The Morgan fingerprint density at radius 1 is 1.07 bits per heavy atom. The van der Waals surface area contributed by atoms with Gasteiger partial charge < -0.3 is 9.64 Å². The number of ether oxygens (including phenoxy) is 1. The van der Waals surface area contributed by atoms with Crippen LogP contribution >= 0.6 is 0 Å². The summed E-state index contributed by atoms with van der Waals surface area (Å²) >= 11 is 0. The summed E-state index contributed by atoms with van der Waals surface area (Å²) in [6.45, 7) is 1.79. The van der Waals surface area contributed by atoms with Gasteiger partial charge in [0.1, 0.15) is 17.1 Å². The summed E-state index contributed by atoms with van der Waals surface area (Å²) in [5, 5.41) is 3.90. The molecule has 4 heterocycles. The fourth-order valence-corrected chi connectivity index (χ4v) is 5.88. The van der Waals surface area contributed by atoms with Crippen LogP contribution in [-0.4, -0.2) is 62.6 Å². The number of piperazine rings is 1. The summed E-state index contributed by atoms with van der Waals surface area (Å²) in [7, 11) is 1.47. The molecule has 2 saturated heterocycles. The standard InChI is InChI=1S/C28H23F6N5O2/c1-14-24(15-3-5-20(41-2)6-4-15)36-26-21(10-35-39(26)25(14)28(32,33)34)27(40)38-13-18-9-19(38)12-37(18)11-16-7-17(29)8-22(30)23(16)31/h3-8,10,18-19H,9,11-13H2,1-2H3/t18-,19-/m1/s1. The van der Waals surface area contributed by atoms with Crippen LogP contribution in [0, 0.1) is 24.4 Å². The van der Waals surface area contributed by atoms with Crippen molar-refractivity contribution in [2.45, 2.75) is 38.1 Å². The molecule has 1 amide bonds. The van der Waals surface area contributed by atoms with E-state index in [9.17, 15) is 31.1 Å². The molecule has 0 radical (unpaired) electrons. The molecule has 7 nitrogen and oxygen atoms in total. The van der Waals surface area contributed by atoms with Gasteiger partial charge in [0, 0.05) is 54.5 Å². The van der Waals surface area contributed by atoms with Crippen molar-refractivity contribution in [1.82, 2.24) is 24.4 Å². The Labute approximate surface area is 229 Å². The Morgan fingerprint density at radius 2 is 1.80 bits per heavy atom. The van der Waals surface area contributed by atoms with Crippen molar-refractivity contribution in [2.24, 2.45) is 0 Å². The third kappa shape index (κ3) is 4.57. The van der Waals surface area contributed by atoms with Crippen molar-refractivity contribution in [3.05, 3.63) is 82.4 Å². The first-order chi connectivity index (χ1) is 19.5. The van der Waals surface area contributed by atoms with Crippen molar-refractivity contribution in [3.8, 4) is 17.0 Å². The van der Waals surface area contributed by atoms with E-state index in [1.807, 2.05) is 4.90 Å². The number of alkyl halides is 3. The van der Waals surface area contributed by atoms with Gasteiger partial charge in [0.15, 0.2) is 23.0 Å². The molecular weight excluding hydrogens is 552 g/mol. The van der Waals surface area contributed by atoms with Crippen LogP contribution in [0.3, 0.4) is 0 Å². The molecule has 6 rings (SSSR count). The molecule has 13 heteroatoms. The summed E-state index contributed by atoms with van der Waals surface area (Å²) in [5.74, 6) is -3.29. The molecule has 0 N–H and O–H groups in total. The molecule has 41 heavy (non-hydrogen) atoms. The van der Waals surface area contributed by atoms with Gasteiger partial charge in [0.25, 0.3) is 5.91 Å². The lowest BCUT2D eigenvalue weighted by Gasteiger charge is -2.34. The Balaban J connectivity index is 1.32. The van der Waals surface area contributed by atoms with Crippen LogP contribution in [0.15, 0.2) is 42.6 Å². The lowest BCUT2D eigenvalue weighted by Crippen LogP contribution is -2.48. The van der Waals surface area contributed by atoms with E-state index in [-0.39, 0.29) is 53.2 Å². The lowest BCUT2D eigenvalue weighted by molar-refractivity contribution is -0.143. The second kappa shape index (κ2) is 9.75. The number of carbonyl (C=O) groups is 1. The van der Waals surface area contributed by atoms with Gasteiger partial charge in [-0.3, -0.25) is 9.69 Å². The summed E-state index contributed by atoms with van der Waals surface area (Å²) in [4.78, 5) is 21.5. The number of likely N-dealkylation sites (tertiary alicyclic amines) is 2. The van der Waals surface area contributed by atoms with Crippen LogP contribution in [-0.2, 0) is 12.7 Å². The average molecular weight is 576 g/mol. The minimum atomic E-state index is -4.78. The van der Waals surface area contributed by atoms with Crippen LogP contribution < -0.4 is 4.74 Å². The Morgan fingerprint density at radius 3 is 2.44 bits per heavy atom. The molecule has 2 atom stereocenters. The third-order valence-electron chi connectivity index (χ3n) is 7.80. The summed E-state index contributed by atoms with van der Waals surface area (Å²) in [6, 6.07) is 7.27. The summed E-state index contributed by atoms with van der Waals surface area (Å²) in [6.07, 6.45) is -3.16. The normalized spacial score (nSPS) is 19.0. The number of carbonyl (C=O) groups excluding carboxylic acids is 1. The van der Waals surface area contributed by atoms with E-state index < -0.39 is 35.2 Å². The number of hydrogen-bond acceptors (Lipinski definition) is 5. The number of hydrogen-bond donors (Lipinski definition) is 0. The highest BCUT2D eigenvalue weighted by Crippen LogP contribution is 2.38. The van der Waals surface area contributed by atoms with Crippen LogP contribution in [0.25, 0.3) is 16.9 Å². The first-order valence-corrected chi connectivity index (χ1v) is 12.7. The number of halogens is 6. The van der Waals surface area contributed by atoms with Crippen molar-refractivity contribution < 1.29 is 35.9 Å². The van der Waals surface area contributed by atoms with E-state index in [1.165, 1.54) is 14.0 Å². The molecule has 2 aromatic heterocycles. The first-order valence-electron chi connectivity index (χ1n) is 12.7. The molecule has 2 aliphatic rings. The molecule has 4 aromatic rings. The van der Waals surface area contributed by atoms with Gasteiger partial charge in [-0.15, -0.1) is 0 Å². The molecule has 2 aromatic carbocycles. The number of nitrogens with zero attached hydrogens (tertiary/aromatic N) is 5. The Hall–Kier alpha value is -4.13. The minimum absolute atomic E-state index is 0.0403. The Bertz CT molecular complexity index is 1670. The Kier molecular flexibility index (Phi) is 6.44. The van der Waals surface area contributed by atoms with Crippen LogP contribution in [0.5, 0.6) is 5.75 Å². The number of methoxy groups -OCH3 is 1. The van der Waals surface area contributed by atoms with E-state index in [1.54, 1.807) is 29.2 Å². The minimum Gasteiger partial charge on any atom is -0.497 e. The fraction of sp³-hybridized carbons (Fsp3) is 0.321. The highest BCUT2D eigenvalue weighted by molar-refractivity contribution is 6.00. The maximum Gasteiger partial charge on any atom is 0.433 e. The van der Waals surface area contributed by atoms with Gasteiger partial charge in [-0.25, -0.2) is 22.7 Å². The van der Waals surface area contributed by atoms with E-state index in [0.29, 0.717) is 34.9 Å². The van der Waals surface area contributed by atoms with Crippen molar-refractivity contribution in [2.75, 3.05) is 20.2 Å². The predicted molar refractivity (Wildman–Crippen MR) is 135 cm³/mol. The second-order valence-electron chi connectivity index (χ2n) is 10.2. The largest absolute Gasteiger partial charge is 0.497 e. The van der Waals surface area contributed by atoms with E-state index in [2.05, 4.69) is 10.1 Å². The van der Waals surface area contributed by atoms with Gasteiger partial charge in [-0.2, -0.15) is 18.3 Å². The van der Waals surface area contributed by atoms with Crippen LogP contribution in [0.4, 0.5) is 26.3 Å². The summed E-state index contributed by atoms with van der Waals surface area (Å²) < 4.78 is 90.1. The van der Waals surface area contributed by atoms with Gasteiger partial charge in [-0.05, 0) is 43.7 Å². The SMILES string of the molecule is COc1ccc(-c2nc3c(C(=O)N4C[C@H]5C[C@@H]4CN5Cc4cc(F)cc(F)c4F)cnn3c(C(F)(F)F)c2C)cc1. The molecule has 0 aliphatic carbocycles. The van der Waals surface area contributed by atoms with E-state index >= 15 is 0 Å². The second-order valence-corrected chi connectivity index (χ2v) is 10.2. The topological polar surface area (TPSA) is 63.0 Å². The maximum atomic E-state index is 14.2. The monoisotopic (exact) mass is 575 g/mol. The fourth-order valence-electron chi connectivity index (χ4n) is 5.88. The quantitative estimate of drug-likeness (QED) is 0.241. The molecule has 2 bridgehead atoms. The molecule has 2 fully saturated rings.